The summed E-state index contributed by atoms with van der Waals surface area (Å²) in [4.78, 5) is 23.2. The number of hydrogen-bond donors (Lipinski definition) is 1. The molecule has 2 N–H and O–H groups in total. The van der Waals surface area contributed by atoms with Crippen LogP contribution in [0.15, 0.2) is 0 Å². The van der Waals surface area contributed by atoms with Gasteiger partial charge in [-0.05, 0) is 13.0 Å². The van der Waals surface area contributed by atoms with E-state index in [-0.39, 0.29) is 19.1 Å². The van der Waals surface area contributed by atoms with E-state index in [1.165, 1.54) is 0 Å². The number of hydrogen-bond acceptors (Lipinski definition) is 5. The summed E-state index contributed by atoms with van der Waals surface area (Å²) >= 11 is 0. The number of rotatable bonds is 5. The molecule has 0 aromatic rings. The minimum absolute atomic E-state index is 0.0882. The molecule has 6 heteroatoms. The molecule has 0 radical (unpaired) electrons. The Labute approximate surface area is 81.9 Å². The van der Waals surface area contributed by atoms with Crippen molar-refractivity contribution in [2.75, 3.05) is 32.9 Å². The first-order chi connectivity index (χ1) is 6.75. The lowest BCUT2D eigenvalue weighted by atomic mass is 10.4. The van der Waals surface area contributed by atoms with E-state index in [0.29, 0.717) is 26.1 Å². The van der Waals surface area contributed by atoms with Crippen molar-refractivity contribution in [1.82, 2.24) is 4.90 Å². The fraction of sp³-hybridized carbons (Fsp3) is 0.750. The van der Waals surface area contributed by atoms with Crippen LogP contribution >= 0.6 is 0 Å². The first kappa shape index (κ1) is 10.9. The Morgan fingerprint density at radius 2 is 2.43 bits per heavy atom. The van der Waals surface area contributed by atoms with E-state index < -0.39 is 6.09 Å². The normalized spacial score (nSPS) is 15.8. The van der Waals surface area contributed by atoms with Crippen LogP contribution in [-0.2, 0) is 14.3 Å². The van der Waals surface area contributed by atoms with Gasteiger partial charge in [0.15, 0.2) is 0 Å². The summed E-state index contributed by atoms with van der Waals surface area (Å²) in [7, 11) is 0. The van der Waals surface area contributed by atoms with Crippen LogP contribution < -0.4 is 5.73 Å². The Morgan fingerprint density at radius 3 is 3.00 bits per heavy atom. The van der Waals surface area contributed by atoms with Gasteiger partial charge in [-0.3, -0.25) is 4.79 Å². The van der Waals surface area contributed by atoms with Crippen LogP contribution in [0.25, 0.3) is 0 Å². The van der Waals surface area contributed by atoms with Crippen LogP contribution in [0.1, 0.15) is 6.42 Å². The average molecular weight is 202 g/mol. The largest absolute Gasteiger partial charge is 0.447 e. The van der Waals surface area contributed by atoms with Crippen molar-refractivity contribution in [1.29, 1.82) is 0 Å². The quantitative estimate of drug-likeness (QED) is 0.598. The van der Waals surface area contributed by atoms with E-state index in [1.54, 1.807) is 0 Å². The third kappa shape index (κ3) is 2.97. The summed E-state index contributed by atoms with van der Waals surface area (Å²) in [5, 5.41) is 0. The SMILES string of the molecule is NCCCOCC(=O)N1CCOC1=O. The van der Waals surface area contributed by atoms with E-state index in [9.17, 15) is 9.59 Å². The van der Waals surface area contributed by atoms with Crippen LogP contribution in [-0.4, -0.2) is 49.8 Å². The molecule has 1 fully saturated rings. The fourth-order valence-corrected chi connectivity index (χ4v) is 1.04. The molecule has 0 unspecified atom stereocenters. The van der Waals surface area contributed by atoms with Gasteiger partial charge in [-0.15, -0.1) is 0 Å². The van der Waals surface area contributed by atoms with Crippen LogP contribution in [0.2, 0.25) is 0 Å². The second-order valence-corrected chi connectivity index (χ2v) is 2.85. The van der Waals surface area contributed by atoms with Crippen LogP contribution in [0, 0.1) is 0 Å². The third-order valence-electron chi connectivity index (χ3n) is 1.78. The number of carbonyl (C=O) groups excluding carboxylic acids is 2. The summed E-state index contributed by atoms with van der Waals surface area (Å²) in [5.41, 5.74) is 5.24. The second-order valence-electron chi connectivity index (χ2n) is 2.85. The van der Waals surface area contributed by atoms with Gasteiger partial charge in [0.05, 0.1) is 6.54 Å². The zero-order valence-electron chi connectivity index (χ0n) is 7.90. The lowest BCUT2D eigenvalue weighted by molar-refractivity contribution is -0.132. The summed E-state index contributed by atoms with van der Waals surface area (Å²) in [6.07, 6.45) is 0.120. The molecule has 80 valence electrons. The highest BCUT2D eigenvalue weighted by Gasteiger charge is 2.27. The molecule has 6 nitrogen and oxygen atoms in total. The van der Waals surface area contributed by atoms with Crippen LogP contribution in [0.4, 0.5) is 4.79 Å². The molecule has 1 aliphatic rings. The molecular formula is C8H14N2O4. The smallest absolute Gasteiger partial charge is 0.416 e. The summed E-state index contributed by atoms with van der Waals surface area (Å²) in [6.45, 7) is 1.46. The van der Waals surface area contributed by atoms with Crippen molar-refractivity contribution >= 4 is 12.0 Å². The van der Waals surface area contributed by atoms with Crippen LogP contribution in [0.3, 0.4) is 0 Å². The van der Waals surface area contributed by atoms with Crippen LogP contribution in [0.5, 0.6) is 0 Å². The summed E-state index contributed by atoms with van der Waals surface area (Å²) in [5.74, 6) is -0.357. The van der Waals surface area contributed by atoms with Gasteiger partial charge in [0.2, 0.25) is 0 Å². The molecular weight excluding hydrogens is 188 g/mol. The molecule has 1 saturated heterocycles. The maximum Gasteiger partial charge on any atom is 0.416 e. The predicted molar refractivity (Wildman–Crippen MR) is 47.6 cm³/mol. The van der Waals surface area contributed by atoms with E-state index in [1.807, 2.05) is 0 Å². The number of ether oxygens (including phenoxy) is 2. The molecule has 0 aliphatic carbocycles. The van der Waals surface area contributed by atoms with Crippen molar-refractivity contribution in [2.24, 2.45) is 5.73 Å². The highest BCUT2D eigenvalue weighted by Crippen LogP contribution is 2.03. The fourth-order valence-electron chi connectivity index (χ4n) is 1.04. The van der Waals surface area contributed by atoms with Crippen molar-refractivity contribution in [3.8, 4) is 0 Å². The molecule has 0 aromatic heterocycles. The maximum atomic E-state index is 11.3. The topological polar surface area (TPSA) is 81.9 Å². The number of nitrogens with two attached hydrogens (primary N) is 1. The van der Waals surface area contributed by atoms with Gasteiger partial charge < -0.3 is 15.2 Å². The Kier molecular flexibility index (Phi) is 4.34. The summed E-state index contributed by atoms with van der Waals surface area (Å²) < 4.78 is 9.62. The zero-order chi connectivity index (χ0) is 10.4. The van der Waals surface area contributed by atoms with Crippen molar-refractivity contribution in [3.05, 3.63) is 0 Å². The van der Waals surface area contributed by atoms with Gasteiger partial charge in [0.1, 0.15) is 13.2 Å². The number of carbonyl (C=O) groups is 2. The lowest BCUT2D eigenvalue weighted by Crippen LogP contribution is -2.34. The van der Waals surface area contributed by atoms with E-state index in [2.05, 4.69) is 4.74 Å². The molecule has 14 heavy (non-hydrogen) atoms. The number of imide groups is 1. The van der Waals surface area contributed by atoms with Gasteiger partial charge in [-0.2, -0.15) is 0 Å². The average Bonchev–Trinajstić information content (AvgIpc) is 2.59. The molecule has 2 amide bonds. The standard InChI is InChI=1S/C8H14N2O4/c9-2-1-4-13-6-7(11)10-3-5-14-8(10)12/h1-6,9H2. The number of amides is 2. The number of nitrogens with zero attached hydrogens (tertiary/aromatic N) is 1. The molecule has 0 saturated carbocycles. The Morgan fingerprint density at radius 1 is 1.64 bits per heavy atom. The first-order valence-corrected chi connectivity index (χ1v) is 4.50. The zero-order valence-corrected chi connectivity index (χ0v) is 7.90. The van der Waals surface area contributed by atoms with Crippen molar-refractivity contribution in [3.63, 3.8) is 0 Å². The summed E-state index contributed by atoms with van der Waals surface area (Å²) in [6, 6.07) is 0. The van der Waals surface area contributed by atoms with Gasteiger partial charge in [0.25, 0.3) is 5.91 Å². The second kappa shape index (κ2) is 5.56. The number of cyclic esters (lactones) is 1. The highest BCUT2D eigenvalue weighted by atomic mass is 16.6. The molecule has 1 heterocycles. The predicted octanol–water partition coefficient (Wildman–Crippen LogP) is -0.669. The molecule has 0 aromatic carbocycles. The van der Waals surface area contributed by atoms with Gasteiger partial charge in [-0.25, -0.2) is 9.69 Å². The molecule has 1 rings (SSSR count). The maximum absolute atomic E-state index is 11.3. The van der Waals surface area contributed by atoms with E-state index >= 15 is 0 Å². The molecule has 0 atom stereocenters. The Hall–Kier alpha value is -1.14. The Bertz CT molecular complexity index is 219. The monoisotopic (exact) mass is 202 g/mol. The van der Waals surface area contributed by atoms with Gasteiger partial charge in [-0.1, -0.05) is 0 Å². The van der Waals surface area contributed by atoms with Gasteiger partial charge in [0, 0.05) is 6.61 Å². The van der Waals surface area contributed by atoms with Crippen molar-refractivity contribution < 1.29 is 19.1 Å². The third-order valence-corrected chi connectivity index (χ3v) is 1.78. The van der Waals surface area contributed by atoms with E-state index in [0.717, 1.165) is 4.90 Å². The van der Waals surface area contributed by atoms with Crippen molar-refractivity contribution in [2.45, 2.75) is 6.42 Å². The first-order valence-electron chi connectivity index (χ1n) is 4.50. The lowest BCUT2D eigenvalue weighted by Gasteiger charge is -2.10. The molecule has 1 aliphatic heterocycles. The van der Waals surface area contributed by atoms with Gasteiger partial charge >= 0.3 is 6.09 Å². The van der Waals surface area contributed by atoms with E-state index in [4.69, 9.17) is 10.5 Å². The minimum Gasteiger partial charge on any atom is -0.447 e. The molecule has 0 bridgehead atoms. The Balaban J connectivity index is 2.18. The highest BCUT2D eigenvalue weighted by molar-refractivity contribution is 5.93. The molecule has 0 spiro atoms. The minimum atomic E-state index is -0.586.